The van der Waals surface area contributed by atoms with Gasteiger partial charge in [0.2, 0.25) is 5.91 Å². The minimum Gasteiger partial charge on any atom is -0.369 e. The molecule has 1 heterocycles. The fourth-order valence-electron chi connectivity index (χ4n) is 4.18. The van der Waals surface area contributed by atoms with Gasteiger partial charge in [0.05, 0.1) is 11.3 Å². The molecule has 30 heavy (non-hydrogen) atoms. The number of ketones is 1. The molecule has 1 amide bonds. The number of fused-ring (bicyclic) bond motifs is 1. The van der Waals surface area contributed by atoms with Crippen molar-refractivity contribution in [3.63, 3.8) is 0 Å². The summed E-state index contributed by atoms with van der Waals surface area (Å²) in [4.78, 5) is 26.5. The molecular formula is C25H21ClN2O2. The standard InChI is InChI=1S/C25H21ClN2O2/c1-25(23(29)19-10-5-13-22-18(19)9-2-3-14-28-22)20(11-6-12-21(25)24(27)30)16-7-4-8-17(26)15-16/h2-15,21,28H,1H3,(H2,27,30). The highest BCUT2D eigenvalue weighted by molar-refractivity contribution is 6.30. The lowest BCUT2D eigenvalue weighted by Crippen LogP contribution is -2.44. The van der Waals surface area contributed by atoms with Gasteiger partial charge in [-0.1, -0.05) is 66.2 Å². The minimum absolute atomic E-state index is 0.174. The third-order valence-electron chi connectivity index (χ3n) is 5.72. The number of hydrogen-bond donors (Lipinski definition) is 2. The highest BCUT2D eigenvalue weighted by atomic mass is 35.5. The van der Waals surface area contributed by atoms with Crippen molar-refractivity contribution in [2.24, 2.45) is 17.1 Å². The highest BCUT2D eigenvalue weighted by Gasteiger charge is 2.48. The largest absolute Gasteiger partial charge is 0.369 e. The number of Topliss-reactive ketones (excluding diaryl/α,β-unsaturated/α-hetero) is 1. The van der Waals surface area contributed by atoms with Crippen molar-refractivity contribution in [1.29, 1.82) is 0 Å². The molecule has 0 saturated heterocycles. The fourth-order valence-corrected chi connectivity index (χ4v) is 4.37. The first-order valence-electron chi connectivity index (χ1n) is 9.64. The maximum Gasteiger partial charge on any atom is 0.225 e. The van der Waals surface area contributed by atoms with E-state index in [9.17, 15) is 9.59 Å². The lowest BCUT2D eigenvalue weighted by molar-refractivity contribution is -0.122. The van der Waals surface area contributed by atoms with E-state index in [1.807, 2.05) is 54.8 Å². The number of anilines is 1. The summed E-state index contributed by atoms with van der Waals surface area (Å²) in [7, 11) is 0. The Balaban J connectivity index is 1.91. The number of hydrogen-bond acceptors (Lipinski definition) is 3. The molecule has 0 bridgehead atoms. The van der Waals surface area contributed by atoms with Gasteiger partial charge in [0.15, 0.2) is 5.78 Å². The van der Waals surface area contributed by atoms with Gasteiger partial charge in [0.25, 0.3) is 0 Å². The van der Waals surface area contributed by atoms with Crippen molar-refractivity contribution in [2.45, 2.75) is 6.92 Å². The molecule has 0 radical (unpaired) electrons. The molecule has 5 heteroatoms. The van der Waals surface area contributed by atoms with Gasteiger partial charge in [-0.05, 0) is 42.3 Å². The molecule has 150 valence electrons. The topological polar surface area (TPSA) is 72.2 Å². The van der Waals surface area contributed by atoms with Crippen LogP contribution in [0.25, 0.3) is 11.6 Å². The summed E-state index contributed by atoms with van der Waals surface area (Å²) in [5.74, 6) is -1.51. The summed E-state index contributed by atoms with van der Waals surface area (Å²) in [5.41, 5.74) is 8.19. The Hall–Kier alpha value is -3.37. The van der Waals surface area contributed by atoms with Crippen molar-refractivity contribution < 1.29 is 9.59 Å². The predicted octanol–water partition coefficient (Wildman–Crippen LogP) is 5.24. The molecule has 1 aliphatic heterocycles. The Kier molecular flexibility index (Phi) is 5.18. The first-order chi connectivity index (χ1) is 14.4. The maximum atomic E-state index is 14.1. The van der Waals surface area contributed by atoms with E-state index in [1.165, 1.54) is 0 Å². The zero-order chi connectivity index (χ0) is 21.3. The Morgan fingerprint density at radius 1 is 1.10 bits per heavy atom. The van der Waals surface area contributed by atoms with E-state index in [0.717, 1.165) is 16.8 Å². The number of nitrogens with two attached hydrogens (primary N) is 1. The van der Waals surface area contributed by atoms with Gasteiger partial charge in [-0.3, -0.25) is 9.59 Å². The lowest BCUT2D eigenvalue weighted by Gasteiger charge is -2.38. The van der Waals surface area contributed by atoms with Crippen LogP contribution in [0.3, 0.4) is 0 Å². The van der Waals surface area contributed by atoms with E-state index in [1.54, 1.807) is 37.3 Å². The van der Waals surface area contributed by atoms with E-state index < -0.39 is 17.2 Å². The molecule has 2 atom stereocenters. The van der Waals surface area contributed by atoms with Gasteiger partial charge in [-0.2, -0.15) is 0 Å². The van der Waals surface area contributed by atoms with Gasteiger partial charge < -0.3 is 11.1 Å². The molecule has 3 N–H and O–H groups in total. The van der Waals surface area contributed by atoms with Gasteiger partial charge in [-0.25, -0.2) is 0 Å². The van der Waals surface area contributed by atoms with Gasteiger partial charge in [0.1, 0.15) is 0 Å². The molecular weight excluding hydrogens is 396 g/mol. The van der Waals surface area contributed by atoms with Crippen LogP contribution in [0.1, 0.15) is 28.4 Å². The number of allylic oxidation sites excluding steroid dienone is 5. The number of rotatable bonds is 4. The number of nitrogens with one attached hydrogen (secondary N) is 1. The highest BCUT2D eigenvalue weighted by Crippen LogP contribution is 2.48. The SMILES string of the molecule is CC1(C(=O)c2cccc3c2C=CC=CN3)C(c2cccc(Cl)c2)=CC=CC1C(N)=O. The van der Waals surface area contributed by atoms with Crippen LogP contribution in [-0.4, -0.2) is 11.7 Å². The van der Waals surface area contributed by atoms with E-state index >= 15 is 0 Å². The van der Waals surface area contributed by atoms with Crippen molar-refractivity contribution in [2.75, 3.05) is 5.32 Å². The maximum absolute atomic E-state index is 14.1. The molecule has 2 aromatic rings. The Bertz CT molecular complexity index is 1160. The van der Waals surface area contributed by atoms with Gasteiger partial charge in [0, 0.05) is 28.0 Å². The average molecular weight is 417 g/mol. The van der Waals surface area contributed by atoms with Crippen molar-refractivity contribution >= 4 is 40.6 Å². The summed E-state index contributed by atoms with van der Waals surface area (Å²) in [5, 5.41) is 3.74. The minimum atomic E-state index is -1.19. The smallest absolute Gasteiger partial charge is 0.225 e. The third kappa shape index (κ3) is 3.29. The first kappa shape index (κ1) is 19.9. The summed E-state index contributed by atoms with van der Waals surface area (Å²) in [6.45, 7) is 1.78. The van der Waals surface area contributed by atoms with Gasteiger partial charge in [-0.15, -0.1) is 0 Å². The molecule has 0 aromatic heterocycles. The number of primary amides is 1. The van der Waals surface area contributed by atoms with Crippen molar-refractivity contribution in [3.05, 3.63) is 101 Å². The molecule has 0 fully saturated rings. The predicted molar refractivity (Wildman–Crippen MR) is 122 cm³/mol. The molecule has 2 aromatic carbocycles. The van der Waals surface area contributed by atoms with Crippen LogP contribution < -0.4 is 11.1 Å². The van der Waals surface area contributed by atoms with Crippen molar-refractivity contribution in [3.8, 4) is 0 Å². The molecule has 4 nitrogen and oxygen atoms in total. The van der Waals surface area contributed by atoms with E-state index in [-0.39, 0.29) is 5.78 Å². The monoisotopic (exact) mass is 416 g/mol. The van der Waals surface area contributed by atoms with E-state index in [2.05, 4.69) is 5.32 Å². The van der Waals surface area contributed by atoms with Crippen LogP contribution in [0, 0.1) is 11.3 Å². The third-order valence-corrected chi connectivity index (χ3v) is 5.96. The summed E-state index contributed by atoms with van der Waals surface area (Å²) < 4.78 is 0. The second-order valence-corrected chi connectivity index (χ2v) is 7.95. The van der Waals surface area contributed by atoms with E-state index in [0.29, 0.717) is 16.2 Å². The molecule has 4 rings (SSSR count). The molecule has 0 saturated carbocycles. The number of carbonyl (C=O) groups excluding carboxylic acids is 2. The Morgan fingerprint density at radius 2 is 1.90 bits per heavy atom. The average Bonchev–Trinajstić information content (AvgIpc) is 2.98. The lowest BCUT2D eigenvalue weighted by atomic mass is 9.62. The molecule has 1 aliphatic carbocycles. The molecule has 2 aliphatic rings. The Labute approximate surface area is 180 Å². The van der Waals surface area contributed by atoms with Gasteiger partial charge >= 0.3 is 0 Å². The quantitative estimate of drug-likeness (QED) is 0.670. The number of benzene rings is 2. The first-order valence-corrected chi connectivity index (χ1v) is 10.0. The number of amides is 1. The van der Waals surface area contributed by atoms with Crippen LogP contribution >= 0.6 is 11.6 Å². The Morgan fingerprint density at radius 3 is 2.67 bits per heavy atom. The van der Waals surface area contributed by atoms with Crippen LogP contribution in [-0.2, 0) is 4.79 Å². The molecule has 0 spiro atoms. The van der Waals surface area contributed by atoms with Crippen molar-refractivity contribution in [1.82, 2.24) is 0 Å². The van der Waals surface area contributed by atoms with Crippen LogP contribution in [0.2, 0.25) is 5.02 Å². The zero-order valence-electron chi connectivity index (χ0n) is 16.4. The normalized spacial score (nSPS) is 21.9. The van der Waals surface area contributed by atoms with Crippen LogP contribution in [0.4, 0.5) is 5.69 Å². The number of carbonyl (C=O) groups is 2. The summed E-state index contributed by atoms with van der Waals surface area (Å²) in [6.07, 6.45) is 12.8. The summed E-state index contributed by atoms with van der Waals surface area (Å²) >= 11 is 6.22. The van der Waals surface area contributed by atoms with Crippen LogP contribution in [0.5, 0.6) is 0 Å². The second-order valence-electron chi connectivity index (χ2n) is 7.52. The summed E-state index contributed by atoms with van der Waals surface area (Å²) in [6, 6.07) is 12.8. The fraction of sp³-hybridized carbons (Fsp3) is 0.120. The second kappa shape index (κ2) is 7.81. The zero-order valence-corrected chi connectivity index (χ0v) is 17.2. The molecule has 2 unspecified atom stereocenters. The number of halogens is 1. The van der Waals surface area contributed by atoms with E-state index in [4.69, 9.17) is 17.3 Å². The van der Waals surface area contributed by atoms with Crippen LogP contribution in [0.15, 0.2) is 79.0 Å².